The maximum absolute atomic E-state index is 2.46. The number of hydrogen-bond acceptors (Lipinski definition) is 0. The summed E-state index contributed by atoms with van der Waals surface area (Å²) in [7, 11) is 0. The smallest absolute Gasteiger partial charge is 0.0162 e. The number of benzene rings is 1. The van der Waals surface area contributed by atoms with Crippen LogP contribution in [0.5, 0.6) is 0 Å². The Morgan fingerprint density at radius 3 is 1.77 bits per heavy atom. The molecule has 1 aromatic carbocycles. The summed E-state index contributed by atoms with van der Waals surface area (Å²) in [5.41, 5.74) is 3.17. The lowest BCUT2D eigenvalue weighted by molar-refractivity contribution is 0.261. The second-order valence-corrected chi connectivity index (χ2v) is 8.43. The Bertz CT molecular complexity index is 441. The Morgan fingerprint density at radius 1 is 0.727 bits per heavy atom. The molecule has 0 aromatic heterocycles. The molecule has 2 saturated carbocycles. The van der Waals surface area contributed by atoms with Crippen LogP contribution in [0.1, 0.15) is 95.1 Å². The van der Waals surface area contributed by atoms with Crippen molar-refractivity contribution >= 4 is 0 Å². The highest BCUT2D eigenvalue weighted by Crippen LogP contribution is 2.39. The zero-order valence-corrected chi connectivity index (χ0v) is 14.9. The highest BCUT2D eigenvalue weighted by atomic mass is 14.3. The molecular formula is C22H34. The van der Waals surface area contributed by atoms with Gasteiger partial charge in [0.25, 0.3) is 0 Å². The molecule has 0 bridgehead atoms. The van der Waals surface area contributed by atoms with Crippen molar-refractivity contribution in [2.45, 2.75) is 84.0 Å². The van der Waals surface area contributed by atoms with Gasteiger partial charge in [0.05, 0.1) is 0 Å². The van der Waals surface area contributed by atoms with E-state index in [2.05, 4.69) is 45.0 Å². The van der Waals surface area contributed by atoms with E-state index in [-0.39, 0.29) is 0 Å². The average Bonchev–Trinajstić information content (AvgIpc) is 2.56. The highest BCUT2D eigenvalue weighted by Gasteiger charge is 2.25. The molecule has 1 unspecified atom stereocenters. The third-order valence-electron chi connectivity index (χ3n) is 6.72. The monoisotopic (exact) mass is 298 g/mol. The van der Waals surface area contributed by atoms with Crippen molar-refractivity contribution in [3.05, 3.63) is 35.4 Å². The first-order chi connectivity index (χ1) is 10.6. The zero-order valence-electron chi connectivity index (χ0n) is 14.9. The van der Waals surface area contributed by atoms with E-state index in [0.29, 0.717) is 0 Å². The molecule has 0 saturated heterocycles. The highest BCUT2D eigenvalue weighted by molar-refractivity contribution is 5.28. The first kappa shape index (κ1) is 16.1. The Hall–Kier alpha value is -0.780. The predicted molar refractivity (Wildman–Crippen MR) is 96.4 cm³/mol. The van der Waals surface area contributed by atoms with Crippen LogP contribution in [0.25, 0.3) is 0 Å². The predicted octanol–water partition coefficient (Wildman–Crippen LogP) is 6.91. The zero-order chi connectivity index (χ0) is 15.5. The molecule has 22 heavy (non-hydrogen) atoms. The molecule has 0 spiro atoms. The summed E-state index contributed by atoms with van der Waals surface area (Å²) < 4.78 is 0. The normalized spacial score (nSPS) is 34.3. The van der Waals surface area contributed by atoms with Crippen molar-refractivity contribution in [1.82, 2.24) is 0 Å². The van der Waals surface area contributed by atoms with Crippen molar-refractivity contribution in [3.8, 4) is 0 Å². The van der Waals surface area contributed by atoms with Crippen LogP contribution in [-0.4, -0.2) is 0 Å². The van der Waals surface area contributed by atoms with Crippen molar-refractivity contribution in [1.29, 1.82) is 0 Å². The molecule has 1 aromatic rings. The number of hydrogen-bond donors (Lipinski definition) is 0. The van der Waals surface area contributed by atoms with Gasteiger partial charge in [-0.15, -0.1) is 0 Å². The third kappa shape index (κ3) is 3.76. The van der Waals surface area contributed by atoms with Crippen LogP contribution in [-0.2, 0) is 0 Å². The molecule has 0 amide bonds. The largest absolute Gasteiger partial charge is 0.0625 e. The van der Waals surface area contributed by atoms with E-state index < -0.39 is 0 Å². The molecule has 0 aliphatic heterocycles. The summed E-state index contributed by atoms with van der Waals surface area (Å²) in [5, 5.41) is 0. The summed E-state index contributed by atoms with van der Waals surface area (Å²) in [5.74, 6) is 4.39. The summed E-state index contributed by atoms with van der Waals surface area (Å²) in [6.45, 7) is 7.28. The van der Waals surface area contributed by atoms with Crippen molar-refractivity contribution < 1.29 is 0 Å². The van der Waals surface area contributed by atoms with Gasteiger partial charge < -0.3 is 0 Å². The Balaban J connectivity index is 1.61. The van der Waals surface area contributed by atoms with Gasteiger partial charge in [0, 0.05) is 0 Å². The van der Waals surface area contributed by atoms with Gasteiger partial charge in [0.2, 0.25) is 0 Å². The number of rotatable bonds is 3. The van der Waals surface area contributed by atoms with Crippen molar-refractivity contribution in [2.24, 2.45) is 17.8 Å². The van der Waals surface area contributed by atoms with Crippen LogP contribution in [0, 0.1) is 17.8 Å². The molecule has 0 heteroatoms. The molecule has 3 rings (SSSR count). The molecule has 2 aliphatic rings. The fourth-order valence-corrected chi connectivity index (χ4v) is 4.72. The van der Waals surface area contributed by atoms with Gasteiger partial charge >= 0.3 is 0 Å². The lowest BCUT2D eigenvalue weighted by Crippen LogP contribution is -2.17. The van der Waals surface area contributed by atoms with Crippen molar-refractivity contribution in [2.75, 3.05) is 0 Å². The van der Waals surface area contributed by atoms with Crippen LogP contribution in [0.4, 0.5) is 0 Å². The minimum Gasteiger partial charge on any atom is -0.0625 e. The Kier molecular flexibility index (Phi) is 5.26. The van der Waals surface area contributed by atoms with Gasteiger partial charge in [-0.2, -0.15) is 0 Å². The molecular weight excluding hydrogens is 264 g/mol. The second kappa shape index (κ2) is 7.20. The molecule has 1 atom stereocenters. The van der Waals surface area contributed by atoms with Crippen molar-refractivity contribution in [3.63, 3.8) is 0 Å². The molecule has 0 N–H and O–H groups in total. The van der Waals surface area contributed by atoms with E-state index in [1.165, 1.54) is 51.4 Å². The van der Waals surface area contributed by atoms with Gasteiger partial charge in [0.15, 0.2) is 0 Å². The maximum Gasteiger partial charge on any atom is -0.0162 e. The summed E-state index contributed by atoms with van der Waals surface area (Å²) >= 11 is 0. The van der Waals surface area contributed by atoms with Crippen LogP contribution in [0.15, 0.2) is 24.3 Å². The second-order valence-electron chi connectivity index (χ2n) is 8.43. The van der Waals surface area contributed by atoms with Gasteiger partial charge in [-0.3, -0.25) is 0 Å². The Labute approximate surface area is 137 Å². The first-order valence-electron chi connectivity index (χ1n) is 9.73. The quantitative estimate of drug-likeness (QED) is 0.568. The third-order valence-corrected chi connectivity index (χ3v) is 6.72. The summed E-state index contributed by atoms with van der Waals surface area (Å²) in [6, 6.07) is 9.77. The Morgan fingerprint density at radius 2 is 1.23 bits per heavy atom. The average molecular weight is 299 g/mol. The summed E-state index contributed by atoms with van der Waals surface area (Å²) in [6.07, 6.45) is 11.4. The lowest BCUT2D eigenvalue weighted by atomic mass is 9.74. The molecule has 2 fully saturated rings. The van der Waals surface area contributed by atoms with Crippen LogP contribution in [0.2, 0.25) is 0 Å². The topological polar surface area (TPSA) is 0 Å². The van der Waals surface area contributed by atoms with Gasteiger partial charge in [0.1, 0.15) is 0 Å². The van der Waals surface area contributed by atoms with Crippen LogP contribution >= 0.6 is 0 Å². The van der Waals surface area contributed by atoms with Gasteiger partial charge in [-0.25, -0.2) is 0 Å². The van der Waals surface area contributed by atoms with Crippen LogP contribution < -0.4 is 0 Å². The molecule has 0 nitrogen and oxygen atoms in total. The van der Waals surface area contributed by atoms with Crippen LogP contribution in [0.3, 0.4) is 0 Å². The first-order valence-corrected chi connectivity index (χ1v) is 9.73. The summed E-state index contributed by atoms with van der Waals surface area (Å²) in [4.78, 5) is 0. The lowest BCUT2D eigenvalue weighted by Gasteiger charge is -2.31. The van der Waals surface area contributed by atoms with E-state index in [9.17, 15) is 0 Å². The molecule has 2 aliphatic carbocycles. The standard InChI is InChI=1S/C22H34/c1-16-4-8-19(9-5-16)18(3)20-12-14-22(15-13-20)21-10-6-17(2)7-11-21/h12-19,21H,4-11H2,1-3H3. The van der Waals surface area contributed by atoms with E-state index in [1.807, 2.05) is 0 Å². The minimum atomic E-state index is 0.743. The van der Waals surface area contributed by atoms with Gasteiger partial charge in [-0.05, 0) is 66.4 Å². The van der Waals surface area contributed by atoms with E-state index in [1.54, 1.807) is 11.1 Å². The SMILES string of the molecule is CC1CCC(c2ccc(C(C)C3CCC(C)CC3)cc2)CC1. The minimum absolute atomic E-state index is 0.743. The van der Waals surface area contributed by atoms with Gasteiger partial charge in [-0.1, -0.05) is 70.7 Å². The fraction of sp³-hybridized carbons (Fsp3) is 0.727. The van der Waals surface area contributed by atoms with E-state index >= 15 is 0 Å². The molecule has 0 heterocycles. The van der Waals surface area contributed by atoms with E-state index in [0.717, 1.165) is 29.6 Å². The molecule has 122 valence electrons. The maximum atomic E-state index is 2.46. The molecule has 0 radical (unpaired) electrons. The van der Waals surface area contributed by atoms with E-state index in [4.69, 9.17) is 0 Å². The fourth-order valence-electron chi connectivity index (χ4n) is 4.72.